The van der Waals surface area contributed by atoms with Gasteiger partial charge >= 0.3 is 5.97 Å². The van der Waals surface area contributed by atoms with E-state index in [-0.39, 0.29) is 18.4 Å². The molecule has 1 unspecified atom stereocenters. The van der Waals surface area contributed by atoms with Gasteiger partial charge in [0.2, 0.25) is 11.7 Å². The number of rotatable bonds is 3. The maximum atomic E-state index is 10.6. The second kappa shape index (κ2) is 4.93. The summed E-state index contributed by atoms with van der Waals surface area (Å²) >= 11 is 1.65. The van der Waals surface area contributed by atoms with Crippen LogP contribution in [-0.4, -0.2) is 27.0 Å². The number of thioether (sulfide) groups is 1. The lowest BCUT2D eigenvalue weighted by molar-refractivity contribution is -0.136. The molecule has 0 saturated heterocycles. The van der Waals surface area contributed by atoms with Crippen molar-refractivity contribution >= 4 is 17.7 Å². The molecule has 1 aromatic carbocycles. The van der Waals surface area contributed by atoms with E-state index < -0.39 is 5.97 Å². The summed E-state index contributed by atoms with van der Waals surface area (Å²) in [6.07, 6.45) is -0.588. The van der Waals surface area contributed by atoms with Crippen LogP contribution in [-0.2, 0) is 11.2 Å². The van der Waals surface area contributed by atoms with Gasteiger partial charge < -0.3 is 14.4 Å². The average molecular weight is 278 g/mol. The van der Waals surface area contributed by atoms with Gasteiger partial charge in [0.05, 0.1) is 0 Å². The molecule has 0 amide bonds. The molecule has 0 aliphatic carbocycles. The van der Waals surface area contributed by atoms with Crippen LogP contribution in [0.25, 0.3) is 0 Å². The highest BCUT2D eigenvalue weighted by Crippen LogP contribution is 2.39. The summed E-state index contributed by atoms with van der Waals surface area (Å²) in [7, 11) is 0. The number of para-hydroxylation sites is 1. The van der Waals surface area contributed by atoms with Gasteiger partial charge in [0.15, 0.2) is 6.10 Å². The van der Waals surface area contributed by atoms with Gasteiger partial charge in [-0.25, -0.2) is 0 Å². The Bertz CT molecular complexity index is 613. The molecular formula is C12H10N2O4S. The SMILES string of the molecule is O=C(O)Cc1nc(C2CSc3ccccc3O2)no1. The van der Waals surface area contributed by atoms with Gasteiger partial charge in [0.1, 0.15) is 12.2 Å². The molecule has 7 heteroatoms. The second-order valence-corrected chi connectivity index (χ2v) is 5.04. The quantitative estimate of drug-likeness (QED) is 0.917. The molecule has 98 valence electrons. The Balaban J connectivity index is 1.77. The Morgan fingerprint density at radius 3 is 3.16 bits per heavy atom. The number of aromatic nitrogens is 2. The maximum absolute atomic E-state index is 10.6. The fourth-order valence-corrected chi connectivity index (χ4v) is 2.73. The second-order valence-electron chi connectivity index (χ2n) is 3.98. The van der Waals surface area contributed by atoms with Gasteiger partial charge in [0, 0.05) is 10.6 Å². The van der Waals surface area contributed by atoms with Crippen LogP contribution in [0.2, 0.25) is 0 Å². The van der Waals surface area contributed by atoms with Crippen LogP contribution in [0.1, 0.15) is 17.8 Å². The van der Waals surface area contributed by atoms with E-state index in [0.717, 1.165) is 10.6 Å². The van der Waals surface area contributed by atoms with Gasteiger partial charge in [-0.1, -0.05) is 17.3 Å². The van der Waals surface area contributed by atoms with E-state index in [1.807, 2.05) is 24.3 Å². The van der Waals surface area contributed by atoms with Crippen LogP contribution >= 0.6 is 11.8 Å². The van der Waals surface area contributed by atoms with Crippen molar-refractivity contribution < 1.29 is 19.2 Å². The zero-order chi connectivity index (χ0) is 13.2. The molecule has 1 aliphatic rings. The fourth-order valence-electron chi connectivity index (χ4n) is 1.75. The number of hydrogen-bond acceptors (Lipinski definition) is 6. The van der Waals surface area contributed by atoms with Gasteiger partial charge in [-0.05, 0) is 12.1 Å². The van der Waals surface area contributed by atoms with Crippen molar-refractivity contribution in [3.05, 3.63) is 36.0 Å². The first-order valence-electron chi connectivity index (χ1n) is 5.65. The Morgan fingerprint density at radius 2 is 2.32 bits per heavy atom. The Morgan fingerprint density at radius 1 is 1.47 bits per heavy atom. The number of carboxylic acids is 1. The molecule has 0 bridgehead atoms. The van der Waals surface area contributed by atoms with Crippen molar-refractivity contribution in [1.82, 2.24) is 10.1 Å². The van der Waals surface area contributed by atoms with Gasteiger partial charge in [-0.15, -0.1) is 11.8 Å². The first kappa shape index (κ1) is 12.0. The van der Waals surface area contributed by atoms with E-state index in [1.54, 1.807) is 11.8 Å². The summed E-state index contributed by atoms with van der Waals surface area (Å²) < 4.78 is 10.7. The van der Waals surface area contributed by atoms with Crippen molar-refractivity contribution in [3.63, 3.8) is 0 Å². The molecule has 3 rings (SSSR count). The molecule has 0 spiro atoms. The smallest absolute Gasteiger partial charge is 0.312 e. The van der Waals surface area contributed by atoms with Crippen molar-refractivity contribution in [2.45, 2.75) is 17.4 Å². The largest absolute Gasteiger partial charge is 0.481 e. The molecule has 1 aliphatic heterocycles. The third kappa shape index (κ3) is 2.55. The van der Waals surface area contributed by atoms with E-state index in [2.05, 4.69) is 10.1 Å². The molecule has 0 radical (unpaired) electrons. The summed E-state index contributed by atoms with van der Waals surface area (Å²) in [5.74, 6) is 0.935. The van der Waals surface area contributed by atoms with Gasteiger partial charge in [-0.2, -0.15) is 4.98 Å². The van der Waals surface area contributed by atoms with Crippen LogP contribution < -0.4 is 4.74 Å². The summed E-state index contributed by atoms with van der Waals surface area (Å²) in [5.41, 5.74) is 0. The van der Waals surface area contributed by atoms with Crippen LogP contribution in [0.15, 0.2) is 33.7 Å². The molecule has 0 saturated carbocycles. The van der Waals surface area contributed by atoms with Crippen molar-refractivity contribution in [3.8, 4) is 5.75 Å². The molecule has 1 aromatic heterocycles. The first-order chi connectivity index (χ1) is 9.22. The van der Waals surface area contributed by atoms with Crippen molar-refractivity contribution in [2.75, 3.05) is 5.75 Å². The maximum Gasteiger partial charge on any atom is 0.312 e. The number of ether oxygens (including phenoxy) is 1. The lowest BCUT2D eigenvalue weighted by atomic mass is 10.3. The van der Waals surface area contributed by atoms with Gasteiger partial charge in [0.25, 0.3) is 0 Å². The van der Waals surface area contributed by atoms with E-state index in [0.29, 0.717) is 11.6 Å². The normalized spacial score (nSPS) is 17.6. The van der Waals surface area contributed by atoms with E-state index in [4.69, 9.17) is 14.4 Å². The summed E-state index contributed by atoms with van der Waals surface area (Å²) in [4.78, 5) is 15.7. The fraction of sp³-hybridized carbons (Fsp3) is 0.250. The highest BCUT2D eigenvalue weighted by molar-refractivity contribution is 7.99. The molecule has 2 heterocycles. The lowest BCUT2D eigenvalue weighted by Crippen LogP contribution is -2.16. The third-order valence-electron chi connectivity index (χ3n) is 2.58. The molecule has 0 fully saturated rings. The predicted molar refractivity (Wildman–Crippen MR) is 66.2 cm³/mol. The number of aliphatic carboxylic acids is 1. The van der Waals surface area contributed by atoms with Crippen LogP contribution in [0, 0.1) is 0 Å². The number of fused-ring (bicyclic) bond motifs is 1. The average Bonchev–Trinajstić information content (AvgIpc) is 2.86. The molecule has 1 atom stereocenters. The van der Waals surface area contributed by atoms with Crippen LogP contribution in [0.4, 0.5) is 0 Å². The van der Waals surface area contributed by atoms with Crippen molar-refractivity contribution in [1.29, 1.82) is 0 Å². The van der Waals surface area contributed by atoms with Gasteiger partial charge in [-0.3, -0.25) is 4.79 Å². The van der Waals surface area contributed by atoms with Crippen LogP contribution in [0.3, 0.4) is 0 Å². The molecule has 19 heavy (non-hydrogen) atoms. The zero-order valence-corrected chi connectivity index (χ0v) is 10.6. The lowest BCUT2D eigenvalue weighted by Gasteiger charge is -2.22. The van der Waals surface area contributed by atoms with E-state index in [9.17, 15) is 4.79 Å². The Kier molecular flexibility index (Phi) is 3.12. The number of benzene rings is 1. The topological polar surface area (TPSA) is 85.5 Å². The predicted octanol–water partition coefficient (Wildman–Crippen LogP) is 1.92. The minimum absolute atomic E-state index is 0.0926. The number of nitrogens with zero attached hydrogens (tertiary/aromatic N) is 2. The minimum atomic E-state index is -1.00. The Labute approximate surface area is 112 Å². The molecule has 2 aromatic rings. The summed E-state index contributed by atoms with van der Waals surface area (Å²) in [6.45, 7) is 0. The molecule has 6 nitrogen and oxygen atoms in total. The zero-order valence-electron chi connectivity index (χ0n) is 9.78. The minimum Gasteiger partial charge on any atom is -0.481 e. The Hall–Kier alpha value is -2.02. The molecule has 1 N–H and O–H groups in total. The van der Waals surface area contributed by atoms with E-state index >= 15 is 0 Å². The summed E-state index contributed by atoms with van der Waals surface area (Å²) in [6, 6.07) is 7.72. The monoisotopic (exact) mass is 278 g/mol. The standard InChI is InChI=1S/C12H10N2O4S/c15-11(16)5-10-13-12(14-18-10)8-6-19-9-4-2-1-3-7(9)17-8/h1-4,8H,5-6H2,(H,15,16). The number of hydrogen-bond donors (Lipinski definition) is 1. The third-order valence-corrected chi connectivity index (χ3v) is 3.70. The summed E-state index contributed by atoms with van der Waals surface area (Å²) in [5, 5.41) is 12.4. The van der Waals surface area contributed by atoms with Crippen LogP contribution in [0.5, 0.6) is 5.75 Å². The highest BCUT2D eigenvalue weighted by Gasteiger charge is 2.26. The number of carbonyl (C=O) groups is 1. The highest BCUT2D eigenvalue weighted by atomic mass is 32.2. The van der Waals surface area contributed by atoms with Crippen molar-refractivity contribution in [2.24, 2.45) is 0 Å². The first-order valence-corrected chi connectivity index (χ1v) is 6.63. The molecular weight excluding hydrogens is 268 g/mol. The number of carboxylic acid groups (broad SMARTS) is 1. The van der Waals surface area contributed by atoms with E-state index in [1.165, 1.54) is 0 Å².